The maximum atomic E-state index is 5.07. The summed E-state index contributed by atoms with van der Waals surface area (Å²) >= 11 is 0. The number of nitrogens with zero attached hydrogens (tertiary/aromatic N) is 4. The van der Waals surface area contributed by atoms with Crippen molar-refractivity contribution in [3.8, 4) is 0 Å². The van der Waals surface area contributed by atoms with E-state index in [0.717, 1.165) is 34.1 Å². The number of hydrogen-bond donors (Lipinski definition) is 1. The molecule has 6 heteroatoms. The molecule has 1 atom stereocenters. The fourth-order valence-corrected chi connectivity index (χ4v) is 2.47. The molecule has 1 N–H and O–H groups in total. The third-order valence-electron chi connectivity index (χ3n) is 3.62. The number of aryl methyl sites for hydroxylation is 3. The molecule has 0 saturated carbocycles. The van der Waals surface area contributed by atoms with Gasteiger partial charge in [0, 0.05) is 42.2 Å². The maximum absolute atomic E-state index is 5.07. The third kappa shape index (κ3) is 2.67. The predicted octanol–water partition coefficient (Wildman–Crippen LogP) is 2.49. The Balaban J connectivity index is 1.80. The van der Waals surface area contributed by atoms with Gasteiger partial charge in [-0.3, -0.25) is 0 Å². The van der Waals surface area contributed by atoms with Crippen LogP contribution in [0.25, 0.3) is 5.65 Å². The molecule has 1 unspecified atom stereocenters. The lowest BCUT2D eigenvalue weighted by molar-refractivity contribution is 0.386. The minimum atomic E-state index is 0.156. The van der Waals surface area contributed by atoms with E-state index >= 15 is 0 Å². The zero-order valence-electron chi connectivity index (χ0n) is 12.7. The highest BCUT2D eigenvalue weighted by Crippen LogP contribution is 2.18. The van der Waals surface area contributed by atoms with Gasteiger partial charge in [0.15, 0.2) is 5.65 Å². The normalized spacial score (nSPS) is 13.0. The topological polar surface area (TPSA) is 68.2 Å². The Morgan fingerprint density at radius 3 is 2.81 bits per heavy atom. The summed E-state index contributed by atoms with van der Waals surface area (Å²) in [4.78, 5) is 4.47. The van der Waals surface area contributed by atoms with Crippen molar-refractivity contribution in [2.45, 2.75) is 40.3 Å². The van der Waals surface area contributed by atoms with E-state index in [1.54, 1.807) is 0 Å². The molecule has 0 spiro atoms. The van der Waals surface area contributed by atoms with Crippen molar-refractivity contribution in [1.29, 1.82) is 0 Å². The number of rotatable bonds is 4. The Bertz CT molecular complexity index is 774. The average molecular weight is 285 g/mol. The molecule has 3 heterocycles. The van der Waals surface area contributed by atoms with E-state index in [4.69, 9.17) is 4.52 Å². The largest absolute Gasteiger partial charge is 0.361 e. The smallest absolute Gasteiger partial charge is 0.155 e. The van der Waals surface area contributed by atoms with Crippen LogP contribution in [0.1, 0.15) is 41.4 Å². The molecule has 0 aliphatic heterocycles. The predicted molar refractivity (Wildman–Crippen MR) is 79.0 cm³/mol. The van der Waals surface area contributed by atoms with Gasteiger partial charge >= 0.3 is 0 Å². The van der Waals surface area contributed by atoms with Gasteiger partial charge in [-0.2, -0.15) is 5.10 Å². The van der Waals surface area contributed by atoms with Crippen LogP contribution in [-0.4, -0.2) is 19.8 Å². The first-order valence-electron chi connectivity index (χ1n) is 7.02. The highest BCUT2D eigenvalue weighted by Gasteiger charge is 2.13. The monoisotopic (exact) mass is 285 g/mol. The first-order chi connectivity index (χ1) is 10.0. The van der Waals surface area contributed by atoms with Crippen LogP contribution in [0, 0.1) is 20.8 Å². The van der Waals surface area contributed by atoms with Crippen molar-refractivity contribution >= 4 is 5.65 Å². The van der Waals surface area contributed by atoms with Crippen molar-refractivity contribution in [3.63, 3.8) is 0 Å². The van der Waals surface area contributed by atoms with Crippen molar-refractivity contribution in [2.24, 2.45) is 0 Å². The molecule has 3 aromatic heterocycles. The van der Waals surface area contributed by atoms with Crippen molar-refractivity contribution in [2.75, 3.05) is 0 Å². The summed E-state index contributed by atoms with van der Waals surface area (Å²) in [6.07, 6.45) is 1.91. The van der Waals surface area contributed by atoms with E-state index in [0.29, 0.717) is 6.54 Å². The van der Waals surface area contributed by atoms with Crippen LogP contribution in [0.4, 0.5) is 0 Å². The molecule has 0 bridgehead atoms. The Labute approximate surface area is 123 Å². The van der Waals surface area contributed by atoms with Crippen molar-refractivity contribution in [1.82, 2.24) is 25.1 Å². The molecule has 0 saturated heterocycles. The first-order valence-corrected chi connectivity index (χ1v) is 7.02. The Hall–Kier alpha value is -2.21. The zero-order chi connectivity index (χ0) is 15.0. The van der Waals surface area contributed by atoms with Gasteiger partial charge in [0.2, 0.25) is 0 Å². The van der Waals surface area contributed by atoms with E-state index in [9.17, 15) is 0 Å². The lowest BCUT2D eigenvalue weighted by atomic mass is 10.1. The molecule has 110 valence electrons. The summed E-state index contributed by atoms with van der Waals surface area (Å²) in [5, 5.41) is 11.9. The summed E-state index contributed by atoms with van der Waals surface area (Å²) in [5.41, 5.74) is 4.99. The Kier molecular flexibility index (Phi) is 3.47. The summed E-state index contributed by atoms with van der Waals surface area (Å²) in [5.74, 6) is 0.825. The molecule has 0 aromatic carbocycles. The zero-order valence-corrected chi connectivity index (χ0v) is 12.7. The fourth-order valence-electron chi connectivity index (χ4n) is 2.47. The summed E-state index contributed by atoms with van der Waals surface area (Å²) in [7, 11) is 0. The van der Waals surface area contributed by atoms with Gasteiger partial charge in [0.25, 0.3) is 0 Å². The number of hydrogen-bond acceptors (Lipinski definition) is 5. The van der Waals surface area contributed by atoms with Gasteiger partial charge in [0.1, 0.15) is 5.76 Å². The van der Waals surface area contributed by atoms with Crippen LogP contribution >= 0.6 is 0 Å². The maximum Gasteiger partial charge on any atom is 0.155 e. The lowest BCUT2D eigenvalue weighted by Crippen LogP contribution is -2.20. The molecule has 0 amide bonds. The summed E-state index contributed by atoms with van der Waals surface area (Å²) < 4.78 is 6.96. The second kappa shape index (κ2) is 5.29. The molecular weight excluding hydrogens is 266 g/mol. The third-order valence-corrected chi connectivity index (χ3v) is 3.62. The van der Waals surface area contributed by atoms with Gasteiger partial charge < -0.3 is 9.84 Å². The molecule has 3 aromatic rings. The van der Waals surface area contributed by atoms with Gasteiger partial charge in [-0.1, -0.05) is 5.16 Å². The number of fused-ring (bicyclic) bond motifs is 1. The van der Waals surface area contributed by atoms with Crippen LogP contribution in [0.2, 0.25) is 0 Å². The fraction of sp³-hybridized carbons (Fsp3) is 0.400. The molecule has 6 nitrogen and oxygen atoms in total. The van der Waals surface area contributed by atoms with Gasteiger partial charge in [0.05, 0.1) is 11.4 Å². The van der Waals surface area contributed by atoms with E-state index < -0.39 is 0 Å². The van der Waals surface area contributed by atoms with Gasteiger partial charge in [-0.25, -0.2) is 9.50 Å². The van der Waals surface area contributed by atoms with Gasteiger partial charge in [-0.15, -0.1) is 0 Å². The molecular formula is C15H19N5O. The standard InChI is InChI=1S/C15H19N5O/c1-9-5-15-17-8-14(12(4)20(15)18-9)11(3)16-7-13-6-10(2)21-19-13/h5-6,8,11,16H,7H2,1-4H3. The average Bonchev–Trinajstić information content (AvgIpc) is 3.02. The quantitative estimate of drug-likeness (QED) is 0.797. The van der Waals surface area contributed by atoms with E-state index in [-0.39, 0.29) is 6.04 Å². The SMILES string of the molecule is Cc1cc2ncc(C(C)NCc3cc(C)on3)c(C)n2n1. The minimum absolute atomic E-state index is 0.156. The highest BCUT2D eigenvalue weighted by atomic mass is 16.5. The second-order valence-corrected chi connectivity index (χ2v) is 5.39. The van der Waals surface area contributed by atoms with Crippen LogP contribution in [0.15, 0.2) is 22.9 Å². The Morgan fingerprint density at radius 2 is 2.10 bits per heavy atom. The molecule has 21 heavy (non-hydrogen) atoms. The Morgan fingerprint density at radius 1 is 1.29 bits per heavy atom. The molecule has 0 aliphatic rings. The van der Waals surface area contributed by atoms with Crippen LogP contribution in [0.5, 0.6) is 0 Å². The molecule has 0 radical (unpaired) electrons. The van der Waals surface area contributed by atoms with E-state index in [1.165, 1.54) is 0 Å². The number of nitrogens with one attached hydrogen (secondary N) is 1. The highest BCUT2D eigenvalue weighted by molar-refractivity contribution is 5.42. The van der Waals surface area contributed by atoms with Crippen molar-refractivity contribution in [3.05, 3.63) is 46.7 Å². The minimum Gasteiger partial charge on any atom is -0.361 e. The van der Waals surface area contributed by atoms with Gasteiger partial charge in [-0.05, 0) is 27.7 Å². The summed E-state index contributed by atoms with van der Waals surface area (Å²) in [6, 6.07) is 4.07. The van der Waals surface area contributed by atoms with Crippen LogP contribution in [-0.2, 0) is 6.54 Å². The van der Waals surface area contributed by atoms with E-state index in [2.05, 4.69) is 34.4 Å². The molecule has 0 fully saturated rings. The van der Waals surface area contributed by atoms with E-state index in [1.807, 2.05) is 36.7 Å². The molecule has 3 rings (SSSR count). The van der Waals surface area contributed by atoms with Crippen LogP contribution < -0.4 is 5.32 Å². The molecule has 0 aliphatic carbocycles. The number of aromatic nitrogens is 4. The second-order valence-electron chi connectivity index (χ2n) is 5.39. The van der Waals surface area contributed by atoms with Crippen molar-refractivity contribution < 1.29 is 4.52 Å². The first kappa shape index (κ1) is 13.8. The van der Waals surface area contributed by atoms with Crippen LogP contribution in [0.3, 0.4) is 0 Å². The summed E-state index contributed by atoms with van der Waals surface area (Å²) in [6.45, 7) is 8.70. The lowest BCUT2D eigenvalue weighted by Gasteiger charge is -2.15.